The van der Waals surface area contributed by atoms with Crippen molar-refractivity contribution in [3.8, 4) is 0 Å². The van der Waals surface area contributed by atoms with E-state index < -0.39 is 14.9 Å². The summed E-state index contributed by atoms with van der Waals surface area (Å²) >= 11 is 3.13. The fourth-order valence-electron chi connectivity index (χ4n) is 2.73. The first-order valence-electron chi connectivity index (χ1n) is 6.90. The number of hydrogen-bond donors (Lipinski definition) is 0. The van der Waals surface area contributed by atoms with E-state index in [1.54, 1.807) is 12.1 Å². The van der Waals surface area contributed by atoms with Gasteiger partial charge in [0.1, 0.15) is 5.76 Å². The number of rotatable bonds is 4. The Bertz CT molecular complexity index is 835. The number of furan rings is 1. The molecule has 1 fully saturated rings. The highest BCUT2D eigenvalue weighted by atomic mass is 79.9. The van der Waals surface area contributed by atoms with Crippen molar-refractivity contribution in [2.75, 3.05) is 6.54 Å². The third kappa shape index (κ3) is 3.04. The number of sulfonamides is 1. The van der Waals surface area contributed by atoms with Crippen molar-refractivity contribution in [1.82, 2.24) is 4.31 Å². The van der Waals surface area contributed by atoms with Gasteiger partial charge < -0.3 is 4.42 Å². The highest BCUT2D eigenvalue weighted by Gasteiger charge is 2.38. The van der Waals surface area contributed by atoms with Crippen LogP contribution in [-0.4, -0.2) is 24.2 Å². The van der Waals surface area contributed by atoms with Crippen LogP contribution in [0, 0.1) is 10.1 Å². The molecule has 9 heteroatoms. The molecule has 122 valence electrons. The van der Waals surface area contributed by atoms with E-state index in [1.165, 1.54) is 22.7 Å². The summed E-state index contributed by atoms with van der Waals surface area (Å²) in [5, 5.41) is 11.0. The van der Waals surface area contributed by atoms with Gasteiger partial charge in [0, 0.05) is 23.2 Å². The minimum atomic E-state index is -3.85. The number of halogens is 1. The molecule has 2 heterocycles. The lowest BCUT2D eigenvalue weighted by Crippen LogP contribution is -2.30. The minimum absolute atomic E-state index is 0.1000. The number of nitro groups is 1. The summed E-state index contributed by atoms with van der Waals surface area (Å²) in [6, 6.07) is 6.79. The monoisotopic (exact) mass is 400 g/mol. The van der Waals surface area contributed by atoms with Crippen LogP contribution in [0.15, 0.2) is 50.4 Å². The topological polar surface area (TPSA) is 93.7 Å². The Kier molecular flexibility index (Phi) is 4.26. The van der Waals surface area contributed by atoms with Crippen LogP contribution in [0.4, 0.5) is 5.69 Å². The third-order valence-corrected chi connectivity index (χ3v) is 6.09. The highest BCUT2D eigenvalue weighted by molar-refractivity contribution is 9.10. The van der Waals surface area contributed by atoms with Gasteiger partial charge in [-0.15, -0.1) is 0 Å². The number of hydrogen-bond acceptors (Lipinski definition) is 5. The zero-order chi connectivity index (χ0) is 16.6. The Morgan fingerprint density at radius 1 is 1.35 bits per heavy atom. The first-order valence-corrected chi connectivity index (χ1v) is 9.13. The molecule has 1 aliphatic rings. The molecule has 23 heavy (non-hydrogen) atoms. The van der Waals surface area contributed by atoms with E-state index >= 15 is 0 Å². The molecule has 1 atom stereocenters. The predicted molar refractivity (Wildman–Crippen MR) is 85.4 cm³/mol. The van der Waals surface area contributed by atoms with E-state index in [0.717, 1.165) is 6.07 Å². The summed E-state index contributed by atoms with van der Waals surface area (Å²) in [5.41, 5.74) is -0.272. The zero-order valence-electron chi connectivity index (χ0n) is 11.9. The quantitative estimate of drug-likeness (QED) is 0.578. The molecule has 0 amide bonds. The Morgan fingerprint density at radius 2 is 2.13 bits per heavy atom. The largest absolute Gasteiger partial charge is 0.468 e. The van der Waals surface area contributed by atoms with Gasteiger partial charge in [0.25, 0.3) is 5.69 Å². The molecule has 0 spiro atoms. The van der Waals surface area contributed by atoms with E-state index in [-0.39, 0.29) is 16.6 Å². The Morgan fingerprint density at radius 3 is 2.78 bits per heavy atom. The number of nitro benzene ring substituents is 1. The maximum Gasteiger partial charge on any atom is 0.271 e. The van der Waals surface area contributed by atoms with Crippen molar-refractivity contribution in [3.63, 3.8) is 0 Å². The molecule has 1 saturated heterocycles. The number of nitrogens with zero attached hydrogens (tertiary/aromatic N) is 2. The molecule has 0 saturated carbocycles. The van der Waals surface area contributed by atoms with Crippen LogP contribution >= 0.6 is 15.9 Å². The first kappa shape index (κ1) is 16.2. The molecule has 1 aromatic heterocycles. The van der Waals surface area contributed by atoms with Crippen molar-refractivity contribution >= 4 is 31.6 Å². The minimum Gasteiger partial charge on any atom is -0.468 e. The van der Waals surface area contributed by atoms with Crippen LogP contribution in [0.3, 0.4) is 0 Å². The van der Waals surface area contributed by atoms with Crippen molar-refractivity contribution in [2.24, 2.45) is 0 Å². The molecule has 3 rings (SSSR count). The van der Waals surface area contributed by atoms with Crippen LogP contribution in [0.2, 0.25) is 0 Å². The average Bonchev–Trinajstić information content (AvgIpc) is 3.17. The lowest BCUT2D eigenvalue weighted by molar-refractivity contribution is -0.385. The van der Waals surface area contributed by atoms with Crippen molar-refractivity contribution < 1.29 is 17.8 Å². The Balaban J connectivity index is 2.03. The van der Waals surface area contributed by atoms with E-state index in [9.17, 15) is 18.5 Å². The summed E-state index contributed by atoms with van der Waals surface area (Å²) in [6.07, 6.45) is 2.87. The van der Waals surface area contributed by atoms with E-state index in [1.807, 2.05) is 0 Å². The van der Waals surface area contributed by atoms with Crippen LogP contribution in [0.25, 0.3) is 0 Å². The standard InChI is InChI=1S/C14H13BrN2O5S/c15-10-7-11(17(18)19)9-12(8-10)23(20,21)16-5-1-3-13(16)14-4-2-6-22-14/h2,4,6-9,13H,1,3,5H2. The SMILES string of the molecule is O=[N+]([O-])c1cc(Br)cc(S(=O)(=O)N2CCCC2c2ccco2)c1. The van der Waals surface area contributed by atoms with Crippen LogP contribution < -0.4 is 0 Å². The summed E-state index contributed by atoms with van der Waals surface area (Å²) in [6.45, 7) is 0.355. The first-order chi connectivity index (χ1) is 10.9. The summed E-state index contributed by atoms with van der Waals surface area (Å²) in [5.74, 6) is 0.579. The molecule has 7 nitrogen and oxygen atoms in total. The fourth-order valence-corrected chi connectivity index (χ4v) is 5.09. The summed E-state index contributed by atoms with van der Waals surface area (Å²) in [7, 11) is -3.85. The van der Waals surface area contributed by atoms with Crippen molar-refractivity contribution in [2.45, 2.75) is 23.8 Å². The molecule has 2 aromatic rings. The van der Waals surface area contributed by atoms with Gasteiger partial charge in [0.05, 0.1) is 22.1 Å². The van der Waals surface area contributed by atoms with Gasteiger partial charge in [0.2, 0.25) is 10.0 Å². The van der Waals surface area contributed by atoms with Gasteiger partial charge >= 0.3 is 0 Å². The number of non-ortho nitro benzene ring substituents is 1. The molecular formula is C14H13BrN2O5S. The molecular weight excluding hydrogens is 388 g/mol. The second kappa shape index (κ2) is 6.06. The van der Waals surface area contributed by atoms with Gasteiger partial charge in [-0.3, -0.25) is 10.1 Å². The van der Waals surface area contributed by atoms with E-state index in [4.69, 9.17) is 4.42 Å². The van der Waals surface area contributed by atoms with Gasteiger partial charge in [-0.05, 0) is 31.0 Å². The fraction of sp³-hybridized carbons (Fsp3) is 0.286. The third-order valence-electron chi connectivity index (χ3n) is 3.75. The van der Waals surface area contributed by atoms with Gasteiger partial charge in [-0.1, -0.05) is 15.9 Å². The molecule has 1 unspecified atom stereocenters. The van der Waals surface area contributed by atoms with Crippen molar-refractivity contribution in [1.29, 1.82) is 0 Å². The maximum atomic E-state index is 12.9. The van der Waals surface area contributed by atoms with Crippen molar-refractivity contribution in [3.05, 3.63) is 56.9 Å². The van der Waals surface area contributed by atoms with Crippen LogP contribution in [0.5, 0.6) is 0 Å². The lowest BCUT2D eigenvalue weighted by atomic mass is 10.2. The maximum absolute atomic E-state index is 12.9. The predicted octanol–water partition coefficient (Wildman–Crippen LogP) is 3.48. The Labute approximate surface area is 141 Å². The molecule has 0 bridgehead atoms. The summed E-state index contributed by atoms with van der Waals surface area (Å²) in [4.78, 5) is 10.3. The average molecular weight is 401 g/mol. The smallest absolute Gasteiger partial charge is 0.271 e. The molecule has 0 radical (unpaired) electrons. The summed E-state index contributed by atoms with van der Waals surface area (Å²) < 4.78 is 32.8. The van der Waals surface area contributed by atoms with Crippen LogP contribution in [0.1, 0.15) is 24.6 Å². The Hall–Kier alpha value is -1.71. The lowest BCUT2D eigenvalue weighted by Gasteiger charge is -2.22. The molecule has 1 aliphatic heterocycles. The van der Waals surface area contributed by atoms with Crippen LogP contribution in [-0.2, 0) is 10.0 Å². The highest BCUT2D eigenvalue weighted by Crippen LogP contribution is 2.37. The van der Waals surface area contributed by atoms with E-state index in [2.05, 4.69) is 15.9 Å². The number of benzene rings is 1. The second-order valence-electron chi connectivity index (χ2n) is 5.19. The molecule has 1 aromatic carbocycles. The molecule has 0 N–H and O–H groups in total. The molecule has 0 aliphatic carbocycles. The van der Waals surface area contributed by atoms with E-state index in [0.29, 0.717) is 29.6 Å². The zero-order valence-corrected chi connectivity index (χ0v) is 14.3. The van der Waals surface area contributed by atoms with Gasteiger partial charge in [-0.2, -0.15) is 4.31 Å². The normalized spacial score (nSPS) is 19.1. The second-order valence-corrected chi connectivity index (χ2v) is 8.00. The van der Waals surface area contributed by atoms with Gasteiger partial charge in [0.15, 0.2) is 0 Å². The van der Waals surface area contributed by atoms with Gasteiger partial charge in [-0.25, -0.2) is 8.42 Å².